The van der Waals surface area contributed by atoms with Crippen LogP contribution in [0.1, 0.15) is 31.7 Å². The Morgan fingerprint density at radius 3 is 2.44 bits per heavy atom. The molecule has 9 nitrogen and oxygen atoms in total. The first-order valence-electron chi connectivity index (χ1n) is 13.0. The summed E-state index contributed by atoms with van der Waals surface area (Å²) in [6, 6.07) is 17.7. The number of aromatic nitrogens is 4. The second-order valence-electron chi connectivity index (χ2n) is 9.31. The van der Waals surface area contributed by atoms with Crippen LogP contribution in [0, 0.1) is 0 Å². The smallest absolute Gasteiger partial charge is 0.296 e. The second-order valence-corrected chi connectivity index (χ2v) is 9.31. The largest absolute Gasteiger partial charge is 0.378 e. The van der Waals surface area contributed by atoms with Gasteiger partial charge in [0, 0.05) is 32.2 Å². The van der Waals surface area contributed by atoms with Crippen LogP contribution >= 0.6 is 0 Å². The molecular formula is C28H31F2N7O2. The number of fused-ring (bicyclic) bond motifs is 1. The van der Waals surface area contributed by atoms with Gasteiger partial charge in [0.05, 0.1) is 24.2 Å². The normalized spacial score (nSPS) is 14.5. The van der Waals surface area contributed by atoms with Crippen LogP contribution in [0.4, 0.5) is 20.5 Å². The zero-order valence-corrected chi connectivity index (χ0v) is 21.9. The minimum Gasteiger partial charge on any atom is -0.378 e. The van der Waals surface area contributed by atoms with Crippen molar-refractivity contribution in [3.63, 3.8) is 0 Å². The Labute approximate surface area is 225 Å². The summed E-state index contributed by atoms with van der Waals surface area (Å²) in [4.78, 5) is 30.6. The molecule has 39 heavy (non-hydrogen) atoms. The molecule has 1 atom stereocenters. The highest BCUT2D eigenvalue weighted by Crippen LogP contribution is 2.29. The minimum atomic E-state index is -2.81. The fourth-order valence-electron chi connectivity index (χ4n) is 4.67. The number of benzene rings is 2. The number of likely N-dealkylation sites (N-methyl/N-ethyl adjacent to an activating group) is 1. The summed E-state index contributed by atoms with van der Waals surface area (Å²) in [7, 11) is 0. The molecule has 0 radical (unpaired) electrons. The predicted octanol–water partition coefficient (Wildman–Crippen LogP) is 4.44. The lowest BCUT2D eigenvalue weighted by molar-refractivity contribution is -0.132. The van der Waals surface area contributed by atoms with Gasteiger partial charge in [-0.15, -0.1) is 0 Å². The van der Waals surface area contributed by atoms with E-state index < -0.39 is 18.3 Å². The molecule has 1 amide bonds. The van der Waals surface area contributed by atoms with Gasteiger partial charge in [-0.1, -0.05) is 42.5 Å². The maximum Gasteiger partial charge on any atom is 0.296 e. The fourth-order valence-corrected chi connectivity index (χ4v) is 4.67. The lowest BCUT2D eigenvalue weighted by atomic mass is 10.2. The molecule has 0 bridgehead atoms. The molecule has 0 saturated carbocycles. The molecule has 1 aliphatic rings. The third-order valence-corrected chi connectivity index (χ3v) is 6.67. The van der Waals surface area contributed by atoms with E-state index in [0.717, 1.165) is 5.56 Å². The Kier molecular flexibility index (Phi) is 7.97. The number of hydrogen-bond donors (Lipinski definition) is 1. The van der Waals surface area contributed by atoms with Gasteiger partial charge in [-0.3, -0.25) is 9.36 Å². The van der Waals surface area contributed by atoms with E-state index in [1.807, 2.05) is 42.2 Å². The Balaban J connectivity index is 1.50. The second kappa shape index (κ2) is 11.7. The molecule has 1 fully saturated rings. The van der Waals surface area contributed by atoms with Crippen LogP contribution in [0.5, 0.6) is 0 Å². The molecule has 2 aromatic carbocycles. The van der Waals surface area contributed by atoms with E-state index in [1.165, 1.54) is 4.57 Å². The van der Waals surface area contributed by atoms with Crippen LogP contribution in [0.15, 0.2) is 60.7 Å². The van der Waals surface area contributed by atoms with Crippen molar-refractivity contribution in [1.29, 1.82) is 0 Å². The predicted molar refractivity (Wildman–Crippen MR) is 145 cm³/mol. The van der Waals surface area contributed by atoms with E-state index in [1.54, 1.807) is 42.2 Å². The first-order valence-corrected chi connectivity index (χ1v) is 13.0. The van der Waals surface area contributed by atoms with Crippen molar-refractivity contribution in [2.75, 3.05) is 43.1 Å². The standard InChI is InChI=1S/C28H31F2N7O2/c1-3-35(18-20-9-5-4-6-10-20)27(38)19(2)31-28-33-23(36-13-15-39-16-14-36)17-24(34-28)37-22-12-8-7-11-21(22)32-26(37)25(29)30/h4-12,17,19,25H,3,13-16,18H2,1-2H3,(H,31,33,34)/t19-/m0/s1. The van der Waals surface area contributed by atoms with Gasteiger partial charge in [0.25, 0.3) is 6.43 Å². The van der Waals surface area contributed by atoms with Gasteiger partial charge in [-0.25, -0.2) is 13.8 Å². The van der Waals surface area contributed by atoms with Crippen LogP contribution < -0.4 is 10.2 Å². The summed E-state index contributed by atoms with van der Waals surface area (Å²) < 4.78 is 35.1. The van der Waals surface area contributed by atoms with Gasteiger partial charge in [-0.2, -0.15) is 9.97 Å². The summed E-state index contributed by atoms with van der Waals surface area (Å²) in [5.74, 6) is 0.445. The molecule has 1 aliphatic heterocycles. The van der Waals surface area contributed by atoms with Crippen LogP contribution in [-0.4, -0.2) is 69.2 Å². The Bertz CT molecular complexity index is 1420. The molecular weight excluding hydrogens is 504 g/mol. The van der Waals surface area contributed by atoms with Crippen LogP contribution in [0.3, 0.4) is 0 Å². The van der Waals surface area contributed by atoms with Crippen molar-refractivity contribution < 1.29 is 18.3 Å². The molecule has 0 unspecified atom stereocenters. The summed E-state index contributed by atoms with van der Waals surface area (Å²) in [5, 5.41) is 3.13. The molecule has 1 saturated heterocycles. The molecule has 0 aliphatic carbocycles. The molecule has 204 valence electrons. The topological polar surface area (TPSA) is 88.4 Å². The zero-order chi connectivity index (χ0) is 27.4. The van der Waals surface area contributed by atoms with E-state index in [-0.39, 0.29) is 17.7 Å². The summed E-state index contributed by atoms with van der Waals surface area (Å²) >= 11 is 0. The van der Waals surface area contributed by atoms with Crippen LogP contribution in [-0.2, 0) is 16.1 Å². The number of rotatable bonds is 9. The lowest BCUT2D eigenvalue weighted by Crippen LogP contribution is -2.41. The number of ether oxygens (including phenoxy) is 1. The quantitative estimate of drug-likeness (QED) is 0.339. The number of amides is 1. The van der Waals surface area contributed by atoms with Gasteiger partial charge < -0.3 is 19.9 Å². The van der Waals surface area contributed by atoms with Gasteiger partial charge in [-0.05, 0) is 31.5 Å². The number of nitrogens with zero attached hydrogens (tertiary/aromatic N) is 6. The first-order chi connectivity index (χ1) is 18.9. The molecule has 1 N–H and O–H groups in total. The highest BCUT2D eigenvalue weighted by atomic mass is 19.3. The number of carbonyl (C=O) groups is 1. The summed E-state index contributed by atoms with van der Waals surface area (Å²) in [5.41, 5.74) is 1.98. The maximum atomic E-state index is 14.1. The molecule has 0 spiro atoms. The SMILES string of the molecule is CCN(Cc1ccccc1)C(=O)[C@H](C)Nc1nc(N2CCOCC2)cc(-n2c(C(F)F)nc3ccccc32)n1. The van der Waals surface area contributed by atoms with E-state index in [0.29, 0.717) is 56.2 Å². The third-order valence-electron chi connectivity index (χ3n) is 6.67. The molecule has 2 aromatic heterocycles. The van der Waals surface area contributed by atoms with Gasteiger partial charge in [0.1, 0.15) is 17.7 Å². The van der Waals surface area contributed by atoms with Crippen molar-refractivity contribution in [2.45, 2.75) is 32.9 Å². The first kappa shape index (κ1) is 26.5. The number of hydrogen-bond acceptors (Lipinski definition) is 7. The van der Waals surface area contributed by atoms with Gasteiger partial charge >= 0.3 is 0 Å². The lowest BCUT2D eigenvalue weighted by Gasteiger charge is -2.29. The third kappa shape index (κ3) is 5.83. The number of para-hydroxylation sites is 2. The van der Waals surface area contributed by atoms with E-state index >= 15 is 0 Å². The molecule has 11 heteroatoms. The van der Waals surface area contributed by atoms with E-state index in [9.17, 15) is 13.6 Å². The average Bonchev–Trinajstić information content (AvgIpc) is 3.36. The van der Waals surface area contributed by atoms with Crippen molar-refractivity contribution in [3.05, 3.63) is 72.1 Å². The summed E-state index contributed by atoms with van der Waals surface area (Å²) in [6.45, 7) is 6.92. The molecule has 5 rings (SSSR count). The number of imidazole rings is 1. The highest BCUT2D eigenvalue weighted by molar-refractivity contribution is 5.84. The number of carbonyl (C=O) groups excluding carboxylic acids is 1. The van der Waals surface area contributed by atoms with Gasteiger partial charge in [0.15, 0.2) is 5.82 Å². The molecule has 4 aromatic rings. The Morgan fingerprint density at radius 1 is 1.03 bits per heavy atom. The van der Waals surface area contributed by atoms with E-state index in [2.05, 4.69) is 20.3 Å². The van der Waals surface area contributed by atoms with E-state index in [4.69, 9.17) is 4.74 Å². The Morgan fingerprint density at radius 2 is 1.72 bits per heavy atom. The fraction of sp³-hybridized carbons (Fsp3) is 0.357. The number of morpholine rings is 1. The zero-order valence-electron chi connectivity index (χ0n) is 21.9. The van der Waals surface area contributed by atoms with Gasteiger partial charge in [0.2, 0.25) is 11.9 Å². The number of anilines is 2. The monoisotopic (exact) mass is 535 g/mol. The molecule has 3 heterocycles. The minimum absolute atomic E-state index is 0.121. The van der Waals surface area contributed by atoms with Crippen molar-refractivity contribution in [2.24, 2.45) is 0 Å². The maximum absolute atomic E-state index is 14.1. The van der Waals surface area contributed by atoms with Crippen molar-refractivity contribution in [3.8, 4) is 5.82 Å². The summed E-state index contributed by atoms with van der Waals surface area (Å²) in [6.07, 6.45) is -2.81. The van der Waals surface area contributed by atoms with Crippen molar-refractivity contribution in [1.82, 2.24) is 24.4 Å². The highest BCUT2D eigenvalue weighted by Gasteiger charge is 2.25. The average molecular weight is 536 g/mol. The number of nitrogens with one attached hydrogen (secondary N) is 1. The van der Waals surface area contributed by atoms with Crippen LogP contribution in [0.25, 0.3) is 16.9 Å². The Hall–Kier alpha value is -4.12. The van der Waals surface area contributed by atoms with Crippen molar-refractivity contribution >= 4 is 28.7 Å². The number of halogens is 2. The van der Waals surface area contributed by atoms with Crippen LogP contribution in [0.2, 0.25) is 0 Å². The number of alkyl halides is 2.